The van der Waals surface area contributed by atoms with Crippen molar-refractivity contribution in [3.05, 3.63) is 47.5 Å². The van der Waals surface area contributed by atoms with Gasteiger partial charge in [0.1, 0.15) is 5.82 Å². The molecule has 0 aliphatic heterocycles. The second-order valence-electron chi connectivity index (χ2n) is 3.91. The van der Waals surface area contributed by atoms with E-state index in [1.807, 2.05) is 19.1 Å². The lowest BCUT2D eigenvalue weighted by Gasteiger charge is -2.09. The molecule has 0 aliphatic carbocycles. The zero-order valence-corrected chi connectivity index (χ0v) is 10.0. The fraction of sp³-hybridized carbons (Fsp3) is 0.167. The topological polar surface area (TPSA) is 95.8 Å². The first kappa shape index (κ1) is 12.1. The molecule has 0 fully saturated rings. The molecule has 0 spiro atoms. The van der Waals surface area contributed by atoms with Crippen LogP contribution in [0.5, 0.6) is 0 Å². The molecule has 0 aliphatic rings. The number of nitrogens with two attached hydrogens (primary N) is 1. The summed E-state index contributed by atoms with van der Waals surface area (Å²) < 4.78 is 0. The average molecular weight is 245 g/mol. The van der Waals surface area contributed by atoms with Gasteiger partial charge in [0.2, 0.25) is 0 Å². The summed E-state index contributed by atoms with van der Waals surface area (Å²) in [5.41, 5.74) is 4.67. The van der Waals surface area contributed by atoms with Crippen molar-refractivity contribution >= 4 is 11.6 Å². The number of imidazole rings is 1. The average Bonchev–Trinajstić information content (AvgIpc) is 2.88. The maximum atomic E-state index is 12.0. The number of hydrogen-bond donors (Lipinski definition) is 4. The zero-order valence-electron chi connectivity index (χ0n) is 10.0. The first-order valence-electron chi connectivity index (χ1n) is 5.54. The smallest absolute Gasteiger partial charge is 0.253 e. The lowest BCUT2D eigenvalue weighted by atomic mass is 10.1. The molecule has 0 radical (unpaired) electrons. The van der Waals surface area contributed by atoms with Crippen LogP contribution < -0.4 is 16.6 Å². The lowest BCUT2D eigenvalue weighted by molar-refractivity contribution is 0.0950. The molecule has 1 amide bonds. The quantitative estimate of drug-likeness (QED) is 0.476. The van der Waals surface area contributed by atoms with Crippen LogP contribution in [-0.4, -0.2) is 15.9 Å². The van der Waals surface area contributed by atoms with Gasteiger partial charge in [-0.05, 0) is 24.6 Å². The molecule has 94 valence electrons. The fourth-order valence-corrected chi connectivity index (χ4v) is 1.63. The maximum Gasteiger partial charge on any atom is 0.253 e. The second-order valence-corrected chi connectivity index (χ2v) is 3.91. The van der Waals surface area contributed by atoms with Crippen molar-refractivity contribution < 1.29 is 4.79 Å². The predicted octanol–water partition coefficient (Wildman–Crippen LogP) is 0.934. The number of nitrogens with one attached hydrogen (secondary N) is 3. The van der Waals surface area contributed by atoms with E-state index in [0.29, 0.717) is 23.6 Å². The first-order chi connectivity index (χ1) is 8.70. The minimum atomic E-state index is -0.195. The Morgan fingerprint density at radius 2 is 2.33 bits per heavy atom. The number of nitrogens with zero attached hydrogens (tertiary/aromatic N) is 1. The van der Waals surface area contributed by atoms with Crippen molar-refractivity contribution in [2.75, 3.05) is 5.43 Å². The first-order valence-corrected chi connectivity index (χ1v) is 5.54. The summed E-state index contributed by atoms with van der Waals surface area (Å²) in [4.78, 5) is 18.9. The van der Waals surface area contributed by atoms with E-state index in [0.717, 1.165) is 5.56 Å². The molecule has 0 unspecified atom stereocenters. The molecule has 5 N–H and O–H groups in total. The van der Waals surface area contributed by atoms with Crippen LogP contribution >= 0.6 is 0 Å². The third-order valence-electron chi connectivity index (χ3n) is 2.55. The summed E-state index contributed by atoms with van der Waals surface area (Å²) in [6, 6.07) is 5.42. The van der Waals surface area contributed by atoms with Gasteiger partial charge < -0.3 is 15.7 Å². The monoisotopic (exact) mass is 245 g/mol. The summed E-state index contributed by atoms with van der Waals surface area (Å²) in [5.74, 6) is 5.91. The van der Waals surface area contributed by atoms with E-state index < -0.39 is 0 Å². The number of amides is 1. The number of carbonyl (C=O) groups excluding carboxylic acids is 1. The van der Waals surface area contributed by atoms with E-state index in [2.05, 4.69) is 20.7 Å². The molecular weight excluding hydrogens is 230 g/mol. The van der Waals surface area contributed by atoms with Gasteiger partial charge in [0.25, 0.3) is 5.91 Å². The van der Waals surface area contributed by atoms with Crippen molar-refractivity contribution in [2.24, 2.45) is 5.84 Å². The predicted molar refractivity (Wildman–Crippen MR) is 68.7 cm³/mol. The van der Waals surface area contributed by atoms with Gasteiger partial charge in [0.15, 0.2) is 0 Å². The lowest BCUT2D eigenvalue weighted by Crippen LogP contribution is -2.25. The molecule has 0 saturated carbocycles. The van der Waals surface area contributed by atoms with Crippen molar-refractivity contribution in [3.8, 4) is 0 Å². The number of aromatic nitrogens is 2. The van der Waals surface area contributed by atoms with Crippen molar-refractivity contribution in [1.82, 2.24) is 15.3 Å². The standard InChI is InChI=1S/C12H15N5O/c1-8-2-3-9(10(6-8)17-13)12(18)16-7-11-14-4-5-15-11/h2-6,17H,7,13H2,1H3,(H,14,15)(H,16,18). The maximum absolute atomic E-state index is 12.0. The van der Waals surface area contributed by atoms with E-state index in [9.17, 15) is 4.79 Å². The molecule has 2 rings (SSSR count). The van der Waals surface area contributed by atoms with Crippen LogP contribution in [0.2, 0.25) is 0 Å². The second kappa shape index (κ2) is 5.33. The van der Waals surface area contributed by atoms with Crippen LogP contribution in [0.3, 0.4) is 0 Å². The number of rotatable bonds is 4. The summed E-state index contributed by atoms with van der Waals surface area (Å²) in [6.45, 7) is 2.29. The molecular formula is C12H15N5O. The Bertz CT molecular complexity index is 535. The van der Waals surface area contributed by atoms with E-state index in [1.54, 1.807) is 18.5 Å². The number of nitrogen functional groups attached to an aromatic ring is 1. The summed E-state index contributed by atoms with van der Waals surface area (Å²) in [7, 11) is 0. The van der Waals surface area contributed by atoms with Crippen LogP contribution in [0.15, 0.2) is 30.6 Å². The normalized spacial score (nSPS) is 10.1. The Morgan fingerprint density at radius 1 is 1.50 bits per heavy atom. The molecule has 1 heterocycles. The third-order valence-corrected chi connectivity index (χ3v) is 2.55. The van der Waals surface area contributed by atoms with Crippen molar-refractivity contribution in [2.45, 2.75) is 13.5 Å². The third kappa shape index (κ3) is 2.67. The molecule has 2 aromatic rings. The number of aromatic amines is 1. The van der Waals surface area contributed by atoms with E-state index in [-0.39, 0.29) is 5.91 Å². The van der Waals surface area contributed by atoms with Crippen LogP contribution in [-0.2, 0) is 6.54 Å². The molecule has 0 atom stereocenters. The van der Waals surface area contributed by atoms with Gasteiger partial charge in [0.05, 0.1) is 17.8 Å². The van der Waals surface area contributed by atoms with Gasteiger partial charge in [-0.2, -0.15) is 0 Å². The zero-order chi connectivity index (χ0) is 13.0. The number of benzene rings is 1. The fourth-order valence-electron chi connectivity index (χ4n) is 1.63. The van der Waals surface area contributed by atoms with Crippen LogP contribution in [0, 0.1) is 6.92 Å². The molecule has 18 heavy (non-hydrogen) atoms. The summed E-state index contributed by atoms with van der Waals surface area (Å²) in [6.07, 6.45) is 3.35. The number of carbonyl (C=O) groups is 1. The Morgan fingerprint density at radius 3 is 3.00 bits per heavy atom. The number of hydrazine groups is 1. The van der Waals surface area contributed by atoms with Gasteiger partial charge in [-0.3, -0.25) is 10.6 Å². The van der Waals surface area contributed by atoms with Crippen molar-refractivity contribution in [1.29, 1.82) is 0 Å². The van der Waals surface area contributed by atoms with E-state index in [1.165, 1.54) is 0 Å². The Kier molecular flexibility index (Phi) is 3.59. The number of aryl methyl sites for hydroxylation is 1. The van der Waals surface area contributed by atoms with Gasteiger partial charge in [-0.25, -0.2) is 4.98 Å². The molecule has 1 aromatic heterocycles. The van der Waals surface area contributed by atoms with Gasteiger partial charge in [-0.15, -0.1) is 0 Å². The van der Waals surface area contributed by atoms with Gasteiger partial charge in [-0.1, -0.05) is 6.07 Å². The van der Waals surface area contributed by atoms with Gasteiger partial charge >= 0.3 is 0 Å². The molecule has 6 nitrogen and oxygen atoms in total. The molecule has 0 bridgehead atoms. The summed E-state index contributed by atoms with van der Waals surface area (Å²) in [5, 5.41) is 2.77. The minimum Gasteiger partial charge on any atom is -0.347 e. The largest absolute Gasteiger partial charge is 0.347 e. The number of hydrogen-bond acceptors (Lipinski definition) is 4. The Labute approximate surface area is 105 Å². The number of anilines is 1. The summed E-state index contributed by atoms with van der Waals surface area (Å²) >= 11 is 0. The highest BCUT2D eigenvalue weighted by Crippen LogP contribution is 2.16. The minimum absolute atomic E-state index is 0.195. The highest BCUT2D eigenvalue weighted by molar-refractivity contribution is 5.99. The molecule has 0 saturated heterocycles. The van der Waals surface area contributed by atoms with E-state index >= 15 is 0 Å². The molecule has 6 heteroatoms. The van der Waals surface area contributed by atoms with Crippen LogP contribution in [0.4, 0.5) is 5.69 Å². The molecule has 1 aromatic carbocycles. The van der Waals surface area contributed by atoms with E-state index in [4.69, 9.17) is 5.84 Å². The van der Waals surface area contributed by atoms with Crippen LogP contribution in [0.25, 0.3) is 0 Å². The van der Waals surface area contributed by atoms with Gasteiger partial charge in [0, 0.05) is 12.4 Å². The van der Waals surface area contributed by atoms with Crippen LogP contribution in [0.1, 0.15) is 21.7 Å². The Hall–Kier alpha value is -2.34. The number of H-pyrrole nitrogens is 1. The highest BCUT2D eigenvalue weighted by Gasteiger charge is 2.10. The highest BCUT2D eigenvalue weighted by atomic mass is 16.1. The Balaban J connectivity index is 2.09. The SMILES string of the molecule is Cc1ccc(C(=O)NCc2ncc[nH]2)c(NN)c1. The van der Waals surface area contributed by atoms with Crippen molar-refractivity contribution in [3.63, 3.8) is 0 Å².